The van der Waals surface area contributed by atoms with Gasteiger partial charge in [0.15, 0.2) is 0 Å². The Bertz CT molecular complexity index is 1430. The number of halogens is 1. The second-order valence-corrected chi connectivity index (χ2v) is 7.95. The van der Waals surface area contributed by atoms with Crippen LogP contribution in [0.3, 0.4) is 0 Å². The number of nitrogens with one attached hydrogen (secondary N) is 1. The summed E-state index contributed by atoms with van der Waals surface area (Å²) in [5.41, 5.74) is -0.923. The summed E-state index contributed by atoms with van der Waals surface area (Å²) < 4.78 is 11.7. The summed E-state index contributed by atoms with van der Waals surface area (Å²) in [5.74, 6) is 0.0407. The molecule has 1 amide bonds. The first-order valence-electron chi connectivity index (χ1n) is 10.2. The van der Waals surface area contributed by atoms with Gasteiger partial charge in [-0.25, -0.2) is 14.4 Å². The largest absolute Gasteiger partial charge is 0.497 e. The molecule has 0 aliphatic carbocycles. The predicted octanol–water partition coefficient (Wildman–Crippen LogP) is 2.60. The first-order valence-corrected chi connectivity index (χ1v) is 10.6. The van der Waals surface area contributed by atoms with Gasteiger partial charge in [0.2, 0.25) is 11.8 Å². The highest BCUT2D eigenvalue weighted by Crippen LogP contribution is 2.39. The molecule has 3 aromatic rings. The number of carbonyl (C=O) groups excluding carboxylic acids is 1. The van der Waals surface area contributed by atoms with E-state index in [9.17, 15) is 19.5 Å². The number of H-pyrrole nitrogens is 1. The standard InChI is InChI=1S/C23H21ClN4O6/c1-12(29)28-18(16-10-15(33-2)7-8-19(16)34-3)11-17(26-28)20-21(30)25-23(32)27(22(20)31)14-6-4-5-13(24)9-14/h4-10,18,31H,11H2,1-3H3,(H,25,30,32)/t18-/m0/s1. The van der Waals surface area contributed by atoms with Crippen LogP contribution in [0.25, 0.3) is 5.69 Å². The Kier molecular flexibility index (Phi) is 6.16. The van der Waals surface area contributed by atoms with Gasteiger partial charge in [0.05, 0.1) is 31.7 Å². The lowest BCUT2D eigenvalue weighted by Crippen LogP contribution is -2.33. The lowest BCUT2D eigenvalue weighted by molar-refractivity contribution is -0.130. The molecule has 34 heavy (non-hydrogen) atoms. The predicted molar refractivity (Wildman–Crippen MR) is 125 cm³/mol. The van der Waals surface area contributed by atoms with Crippen LogP contribution >= 0.6 is 11.6 Å². The average molecular weight is 485 g/mol. The fourth-order valence-corrected chi connectivity index (χ4v) is 4.12. The summed E-state index contributed by atoms with van der Waals surface area (Å²) in [7, 11) is 3.01. The number of rotatable bonds is 5. The van der Waals surface area contributed by atoms with Gasteiger partial charge in [0.25, 0.3) is 5.56 Å². The molecule has 1 aromatic heterocycles. The number of hydrazone groups is 1. The number of hydrogen-bond donors (Lipinski definition) is 2. The van der Waals surface area contributed by atoms with Crippen molar-refractivity contribution in [3.63, 3.8) is 0 Å². The number of amides is 1. The molecule has 2 aromatic carbocycles. The van der Waals surface area contributed by atoms with Gasteiger partial charge in [0.1, 0.15) is 17.1 Å². The topological polar surface area (TPSA) is 126 Å². The SMILES string of the molecule is COc1ccc(OC)c([C@@H]2CC(c3c(O)n(-c4cccc(Cl)c4)c(=O)[nH]c3=O)=NN2C(C)=O)c1. The van der Waals surface area contributed by atoms with Gasteiger partial charge in [0, 0.05) is 23.9 Å². The first kappa shape index (κ1) is 23.1. The highest BCUT2D eigenvalue weighted by molar-refractivity contribution is 6.30. The number of benzene rings is 2. The minimum atomic E-state index is -0.846. The molecule has 0 saturated carbocycles. The van der Waals surface area contributed by atoms with E-state index >= 15 is 0 Å². The Morgan fingerprint density at radius 2 is 1.94 bits per heavy atom. The van der Waals surface area contributed by atoms with Crippen LogP contribution in [0.2, 0.25) is 5.02 Å². The average Bonchev–Trinajstić information content (AvgIpc) is 3.23. The van der Waals surface area contributed by atoms with E-state index in [0.717, 1.165) is 4.57 Å². The van der Waals surface area contributed by atoms with E-state index in [2.05, 4.69) is 10.1 Å². The van der Waals surface area contributed by atoms with Crippen LogP contribution in [0, 0.1) is 0 Å². The lowest BCUT2D eigenvalue weighted by Gasteiger charge is -2.22. The van der Waals surface area contributed by atoms with Gasteiger partial charge in [-0.3, -0.25) is 14.6 Å². The third-order valence-corrected chi connectivity index (χ3v) is 5.70. The Labute approximate surface area is 198 Å². The van der Waals surface area contributed by atoms with E-state index in [0.29, 0.717) is 22.1 Å². The van der Waals surface area contributed by atoms with Gasteiger partial charge in [-0.05, 0) is 36.4 Å². The fourth-order valence-electron chi connectivity index (χ4n) is 3.93. The highest BCUT2D eigenvalue weighted by atomic mass is 35.5. The van der Waals surface area contributed by atoms with Crippen molar-refractivity contribution in [3.05, 3.63) is 79.5 Å². The number of methoxy groups -OCH3 is 2. The van der Waals surface area contributed by atoms with Crippen LogP contribution in [-0.4, -0.2) is 45.5 Å². The molecule has 2 N–H and O–H groups in total. The maximum Gasteiger partial charge on any atom is 0.335 e. The monoisotopic (exact) mass is 484 g/mol. The molecule has 10 nitrogen and oxygen atoms in total. The molecule has 1 aliphatic heterocycles. The van der Waals surface area contributed by atoms with Crippen molar-refractivity contribution < 1.29 is 19.4 Å². The van der Waals surface area contributed by atoms with Crippen molar-refractivity contribution in [1.29, 1.82) is 0 Å². The molecular formula is C23H21ClN4O6. The fraction of sp³-hybridized carbons (Fsp3) is 0.217. The third-order valence-electron chi connectivity index (χ3n) is 5.47. The number of aromatic amines is 1. The molecular weight excluding hydrogens is 464 g/mol. The zero-order chi connectivity index (χ0) is 24.6. The minimum absolute atomic E-state index is 0.0769. The zero-order valence-corrected chi connectivity index (χ0v) is 19.3. The molecule has 1 atom stereocenters. The number of carbonyl (C=O) groups is 1. The smallest absolute Gasteiger partial charge is 0.335 e. The van der Waals surface area contributed by atoms with Gasteiger partial charge in [-0.15, -0.1) is 0 Å². The molecule has 1 aliphatic rings. The van der Waals surface area contributed by atoms with Crippen molar-refractivity contribution >= 4 is 23.2 Å². The summed E-state index contributed by atoms with van der Waals surface area (Å²) in [6, 6.07) is 10.7. The first-order chi connectivity index (χ1) is 16.2. The number of hydrogen-bond acceptors (Lipinski definition) is 7. The maximum atomic E-state index is 12.8. The van der Waals surface area contributed by atoms with Gasteiger partial charge in [-0.1, -0.05) is 17.7 Å². The van der Waals surface area contributed by atoms with E-state index in [4.69, 9.17) is 21.1 Å². The van der Waals surface area contributed by atoms with Crippen LogP contribution in [-0.2, 0) is 4.79 Å². The lowest BCUT2D eigenvalue weighted by atomic mass is 9.98. The van der Waals surface area contributed by atoms with E-state index in [1.807, 2.05) is 0 Å². The minimum Gasteiger partial charge on any atom is -0.497 e. The van der Waals surface area contributed by atoms with Crippen molar-refractivity contribution in [2.24, 2.45) is 5.10 Å². The molecule has 0 saturated heterocycles. The summed E-state index contributed by atoms with van der Waals surface area (Å²) in [5, 5.41) is 16.9. The summed E-state index contributed by atoms with van der Waals surface area (Å²) >= 11 is 6.03. The van der Waals surface area contributed by atoms with Crippen LogP contribution < -0.4 is 20.7 Å². The second kappa shape index (κ2) is 9.06. The quantitative estimate of drug-likeness (QED) is 0.573. The molecule has 0 radical (unpaired) electrons. The molecule has 2 heterocycles. The molecule has 0 spiro atoms. The molecule has 11 heteroatoms. The molecule has 176 valence electrons. The van der Waals surface area contributed by atoms with Crippen molar-refractivity contribution in [2.75, 3.05) is 14.2 Å². The van der Waals surface area contributed by atoms with E-state index < -0.39 is 23.2 Å². The van der Waals surface area contributed by atoms with Crippen LogP contribution in [0.4, 0.5) is 0 Å². The molecule has 0 bridgehead atoms. The van der Waals surface area contributed by atoms with Gasteiger partial charge >= 0.3 is 5.69 Å². The Hall–Kier alpha value is -4.05. The van der Waals surface area contributed by atoms with Gasteiger partial charge in [-0.2, -0.15) is 5.10 Å². The van der Waals surface area contributed by atoms with Crippen molar-refractivity contribution in [3.8, 4) is 23.1 Å². The Morgan fingerprint density at radius 1 is 1.18 bits per heavy atom. The summed E-state index contributed by atoms with van der Waals surface area (Å²) in [6.07, 6.45) is 0.0769. The maximum absolute atomic E-state index is 12.8. The van der Waals surface area contributed by atoms with Crippen molar-refractivity contribution in [1.82, 2.24) is 14.6 Å². The van der Waals surface area contributed by atoms with E-state index in [1.165, 1.54) is 32.2 Å². The van der Waals surface area contributed by atoms with Crippen molar-refractivity contribution in [2.45, 2.75) is 19.4 Å². The highest BCUT2D eigenvalue weighted by Gasteiger charge is 2.36. The van der Waals surface area contributed by atoms with Crippen LogP contribution in [0.1, 0.15) is 30.5 Å². The molecule has 4 rings (SSSR count). The van der Waals surface area contributed by atoms with Crippen LogP contribution in [0.15, 0.2) is 57.2 Å². The number of aromatic hydroxyl groups is 1. The van der Waals surface area contributed by atoms with Crippen LogP contribution in [0.5, 0.6) is 17.4 Å². The second-order valence-electron chi connectivity index (χ2n) is 7.51. The summed E-state index contributed by atoms with van der Waals surface area (Å²) in [4.78, 5) is 39.9. The third kappa shape index (κ3) is 4.03. The Balaban J connectivity index is 1.86. The number of aromatic nitrogens is 2. The summed E-state index contributed by atoms with van der Waals surface area (Å²) in [6.45, 7) is 1.34. The molecule has 0 unspecified atom stereocenters. The van der Waals surface area contributed by atoms with Gasteiger partial charge < -0.3 is 14.6 Å². The number of ether oxygens (including phenoxy) is 2. The van der Waals surface area contributed by atoms with E-state index in [1.54, 1.807) is 36.4 Å². The Morgan fingerprint density at radius 3 is 2.59 bits per heavy atom. The normalized spacial score (nSPS) is 15.2. The zero-order valence-electron chi connectivity index (χ0n) is 18.5. The van der Waals surface area contributed by atoms with E-state index in [-0.39, 0.29) is 29.3 Å². The number of nitrogens with zero attached hydrogens (tertiary/aromatic N) is 3. The molecule has 0 fully saturated rings.